The van der Waals surface area contributed by atoms with Crippen molar-refractivity contribution >= 4 is 34.9 Å². The van der Waals surface area contributed by atoms with E-state index in [0.29, 0.717) is 16.3 Å². The summed E-state index contributed by atoms with van der Waals surface area (Å²) in [6.45, 7) is 0.170. The zero-order chi connectivity index (χ0) is 24.9. The fourth-order valence-corrected chi connectivity index (χ4v) is 4.60. The summed E-state index contributed by atoms with van der Waals surface area (Å²) in [6, 6.07) is 24.3. The number of hydrogen-bond acceptors (Lipinski definition) is 6. The van der Waals surface area contributed by atoms with Crippen molar-refractivity contribution in [3.8, 4) is 16.9 Å². The van der Waals surface area contributed by atoms with Gasteiger partial charge in [0.25, 0.3) is 17.1 Å². The summed E-state index contributed by atoms with van der Waals surface area (Å²) < 4.78 is 1.59. The molecule has 0 atom stereocenters. The number of nitrogens with zero attached hydrogens (tertiary/aromatic N) is 4. The van der Waals surface area contributed by atoms with E-state index < -0.39 is 0 Å². The summed E-state index contributed by atoms with van der Waals surface area (Å²) >= 11 is 0.876. The lowest BCUT2D eigenvalue weighted by Gasteiger charge is -2.13. The highest BCUT2D eigenvalue weighted by Gasteiger charge is 2.34. The Balaban J connectivity index is 1.30. The summed E-state index contributed by atoms with van der Waals surface area (Å²) in [7, 11) is 0. The van der Waals surface area contributed by atoms with E-state index in [1.165, 1.54) is 0 Å². The lowest BCUT2D eigenvalue weighted by Crippen LogP contribution is -2.37. The van der Waals surface area contributed by atoms with E-state index in [1.807, 2.05) is 60.7 Å². The van der Waals surface area contributed by atoms with E-state index in [4.69, 9.17) is 0 Å². The Morgan fingerprint density at radius 3 is 2.44 bits per heavy atom. The molecule has 0 bridgehead atoms. The van der Waals surface area contributed by atoms with Crippen molar-refractivity contribution in [2.45, 2.75) is 0 Å². The van der Waals surface area contributed by atoms with Gasteiger partial charge in [0.1, 0.15) is 5.69 Å². The first kappa shape index (κ1) is 23.3. The van der Waals surface area contributed by atoms with Gasteiger partial charge in [-0.25, -0.2) is 4.68 Å². The molecule has 1 aliphatic rings. The van der Waals surface area contributed by atoms with Gasteiger partial charge < -0.3 is 5.32 Å². The topological polar surface area (TPSA) is 97.2 Å². The van der Waals surface area contributed by atoms with E-state index in [-0.39, 0.29) is 30.1 Å². The molecule has 178 valence electrons. The predicted molar refractivity (Wildman–Crippen MR) is 138 cm³/mol. The number of imide groups is 1. The molecule has 1 saturated heterocycles. The van der Waals surface area contributed by atoms with Crippen LogP contribution in [0, 0.1) is 0 Å². The largest absolute Gasteiger partial charge is 0.349 e. The number of thioether (sulfide) groups is 1. The predicted octanol–water partition coefficient (Wildman–Crippen LogP) is 4.40. The highest BCUT2D eigenvalue weighted by atomic mass is 32.2. The summed E-state index contributed by atoms with van der Waals surface area (Å²) in [5, 5.41) is 7.10. The zero-order valence-corrected chi connectivity index (χ0v) is 19.9. The molecular weight excluding hydrogens is 474 g/mol. The maximum absolute atomic E-state index is 13.1. The van der Waals surface area contributed by atoms with Gasteiger partial charge in [0.05, 0.1) is 16.3 Å². The molecule has 1 N–H and O–H groups in total. The highest BCUT2D eigenvalue weighted by Crippen LogP contribution is 2.31. The lowest BCUT2D eigenvalue weighted by atomic mass is 10.1. The molecular formula is C27H21N5O3S. The van der Waals surface area contributed by atoms with Crippen LogP contribution in [0.3, 0.4) is 0 Å². The molecule has 1 fully saturated rings. The number of carbonyl (C=O) groups is 3. The molecule has 3 amide bonds. The van der Waals surface area contributed by atoms with Crippen LogP contribution in [0.5, 0.6) is 0 Å². The van der Waals surface area contributed by atoms with Crippen LogP contribution in [0.2, 0.25) is 0 Å². The van der Waals surface area contributed by atoms with Crippen LogP contribution in [0.1, 0.15) is 16.1 Å². The van der Waals surface area contributed by atoms with Gasteiger partial charge in [-0.05, 0) is 47.7 Å². The number of amides is 3. The average Bonchev–Trinajstić information content (AvgIpc) is 3.48. The number of aromatic nitrogens is 3. The Hall–Kier alpha value is -4.50. The Morgan fingerprint density at radius 1 is 0.972 bits per heavy atom. The Bertz CT molecular complexity index is 1440. The third-order valence-electron chi connectivity index (χ3n) is 5.49. The number of nitrogens with one attached hydrogen (secondary N) is 1. The Morgan fingerprint density at radius 2 is 1.72 bits per heavy atom. The third-order valence-corrected chi connectivity index (χ3v) is 6.40. The van der Waals surface area contributed by atoms with Crippen molar-refractivity contribution in [3.05, 3.63) is 107 Å². The molecule has 0 spiro atoms. The molecule has 0 unspecified atom stereocenters. The minimum absolute atomic E-state index is 0.0613. The molecule has 0 aliphatic carbocycles. The van der Waals surface area contributed by atoms with Crippen LogP contribution < -0.4 is 5.32 Å². The normalized spacial score (nSPS) is 14.4. The van der Waals surface area contributed by atoms with Crippen molar-refractivity contribution in [2.24, 2.45) is 0 Å². The first-order chi connectivity index (χ1) is 17.6. The van der Waals surface area contributed by atoms with Crippen LogP contribution in [0.25, 0.3) is 23.0 Å². The van der Waals surface area contributed by atoms with E-state index in [9.17, 15) is 14.4 Å². The molecule has 1 aliphatic heterocycles. The van der Waals surface area contributed by atoms with Gasteiger partial charge in [-0.2, -0.15) is 5.10 Å². The molecule has 0 radical (unpaired) electrons. The number of carbonyl (C=O) groups excluding carboxylic acids is 3. The van der Waals surface area contributed by atoms with Crippen LogP contribution in [-0.2, 0) is 4.79 Å². The van der Waals surface area contributed by atoms with Gasteiger partial charge in [0.2, 0.25) is 0 Å². The molecule has 8 nitrogen and oxygen atoms in total. The molecule has 2 aromatic heterocycles. The first-order valence-corrected chi connectivity index (χ1v) is 12.1. The van der Waals surface area contributed by atoms with Crippen molar-refractivity contribution in [1.82, 2.24) is 25.0 Å². The molecule has 0 saturated carbocycles. The molecule has 2 aromatic carbocycles. The monoisotopic (exact) mass is 495 g/mol. The van der Waals surface area contributed by atoms with Crippen molar-refractivity contribution < 1.29 is 14.4 Å². The SMILES string of the molecule is O=C(NCCN1C(=O)S/C(=C/c2cccnc2)C1=O)c1cc(-c2ccccc2)nn1-c1ccccc1. The number of benzene rings is 2. The van der Waals surface area contributed by atoms with Gasteiger partial charge in [-0.15, -0.1) is 0 Å². The van der Waals surface area contributed by atoms with Crippen LogP contribution in [-0.4, -0.2) is 49.8 Å². The smallest absolute Gasteiger partial charge is 0.293 e. The second-order valence-electron chi connectivity index (χ2n) is 7.90. The minimum atomic E-state index is -0.385. The summed E-state index contributed by atoms with van der Waals surface area (Å²) in [6.07, 6.45) is 4.89. The standard InChI is InChI=1S/C27H21N5O3S/c33-25(29-14-15-31-26(34)24(36-27(31)35)16-19-8-7-13-28-18-19)23-17-22(20-9-3-1-4-10-20)30-32(23)21-11-5-2-6-12-21/h1-13,16-18H,14-15H2,(H,29,33)/b24-16+. The van der Waals surface area contributed by atoms with Crippen molar-refractivity contribution in [2.75, 3.05) is 13.1 Å². The van der Waals surface area contributed by atoms with Crippen molar-refractivity contribution in [1.29, 1.82) is 0 Å². The van der Waals surface area contributed by atoms with Crippen LogP contribution in [0.15, 0.2) is 96.2 Å². The van der Waals surface area contributed by atoms with E-state index in [0.717, 1.165) is 33.5 Å². The maximum Gasteiger partial charge on any atom is 0.293 e. The first-order valence-electron chi connectivity index (χ1n) is 11.2. The quantitative estimate of drug-likeness (QED) is 0.382. The van der Waals surface area contributed by atoms with Gasteiger partial charge in [-0.1, -0.05) is 54.6 Å². The third kappa shape index (κ3) is 4.96. The van der Waals surface area contributed by atoms with Gasteiger partial charge in [-0.3, -0.25) is 24.3 Å². The second-order valence-corrected chi connectivity index (χ2v) is 8.90. The number of rotatable bonds is 7. The Labute approximate surface area is 211 Å². The summed E-state index contributed by atoms with van der Waals surface area (Å²) in [5.74, 6) is -0.741. The van der Waals surface area contributed by atoms with Crippen LogP contribution in [0.4, 0.5) is 4.79 Å². The molecule has 4 aromatic rings. The second kappa shape index (κ2) is 10.4. The van der Waals surface area contributed by atoms with E-state index >= 15 is 0 Å². The molecule has 9 heteroatoms. The number of para-hydroxylation sites is 1. The van der Waals surface area contributed by atoms with Gasteiger partial charge in [0.15, 0.2) is 0 Å². The number of hydrogen-bond donors (Lipinski definition) is 1. The fourth-order valence-electron chi connectivity index (χ4n) is 3.74. The zero-order valence-electron chi connectivity index (χ0n) is 19.1. The van der Waals surface area contributed by atoms with E-state index in [1.54, 1.807) is 41.4 Å². The van der Waals surface area contributed by atoms with Crippen molar-refractivity contribution in [3.63, 3.8) is 0 Å². The minimum Gasteiger partial charge on any atom is -0.349 e. The summed E-state index contributed by atoms with van der Waals surface area (Å²) in [4.78, 5) is 43.8. The van der Waals surface area contributed by atoms with Gasteiger partial charge >= 0.3 is 0 Å². The van der Waals surface area contributed by atoms with E-state index in [2.05, 4.69) is 15.4 Å². The molecule has 5 rings (SSSR count). The number of pyridine rings is 1. The van der Waals surface area contributed by atoms with Gasteiger partial charge in [0, 0.05) is 31.0 Å². The average molecular weight is 496 g/mol. The highest BCUT2D eigenvalue weighted by molar-refractivity contribution is 8.18. The lowest BCUT2D eigenvalue weighted by molar-refractivity contribution is -0.122. The summed E-state index contributed by atoms with van der Waals surface area (Å²) in [5.41, 5.74) is 3.39. The molecule has 3 heterocycles. The van der Waals surface area contributed by atoms with Crippen LogP contribution >= 0.6 is 11.8 Å². The Kier molecular flexibility index (Phi) is 6.72. The maximum atomic E-state index is 13.1. The molecule has 36 heavy (non-hydrogen) atoms. The fraction of sp³-hybridized carbons (Fsp3) is 0.0741.